The van der Waals surface area contributed by atoms with E-state index in [-0.39, 0.29) is 18.3 Å². The molecule has 1 aromatic carbocycles. The highest BCUT2D eigenvalue weighted by Crippen LogP contribution is 2.11. The Morgan fingerprint density at radius 1 is 1.44 bits per heavy atom. The number of amides is 1. The Bertz CT molecular complexity index is 409. The first-order valence-electron chi connectivity index (χ1n) is 6.23. The third kappa shape index (κ3) is 3.47. The van der Waals surface area contributed by atoms with E-state index in [9.17, 15) is 4.79 Å². The van der Waals surface area contributed by atoms with E-state index >= 15 is 0 Å². The van der Waals surface area contributed by atoms with Crippen molar-refractivity contribution < 1.29 is 4.79 Å². The maximum absolute atomic E-state index is 12.2. The molecule has 0 unspecified atom stereocenters. The number of hydrogen-bond acceptors (Lipinski definition) is 2. The van der Waals surface area contributed by atoms with Crippen molar-refractivity contribution in [3.8, 4) is 0 Å². The minimum absolute atomic E-state index is 0. The van der Waals surface area contributed by atoms with Gasteiger partial charge in [0, 0.05) is 25.7 Å². The Morgan fingerprint density at radius 2 is 2.17 bits per heavy atom. The van der Waals surface area contributed by atoms with E-state index in [4.69, 9.17) is 0 Å². The van der Waals surface area contributed by atoms with Gasteiger partial charge in [-0.3, -0.25) is 4.79 Å². The van der Waals surface area contributed by atoms with Crippen molar-refractivity contribution in [2.45, 2.75) is 26.3 Å². The first-order chi connectivity index (χ1) is 8.18. The lowest BCUT2D eigenvalue weighted by molar-refractivity contribution is -0.133. The van der Waals surface area contributed by atoms with Crippen LogP contribution in [-0.2, 0) is 11.2 Å². The largest absolute Gasteiger partial charge is 0.337 e. The molecule has 1 N–H and O–H groups in total. The zero-order chi connectivity index (χ0) is 12.3. The van der Waals surface area contributed by atoms with Crippen LogP contribution in [0.1, 0.15) is 18.1 Å². The molecule has 1 heterocycles. The second-order valence-corrected chi connectivity index (χ2v) is 4.74. The fourth-order valence-corrected chi connectivity index (χ4v) is 2.28. The highest BCUT2D eigenvalue weighted by atomic mass is 35.5. The zero-order valence-corrected chi connectivity index (χ0v) is 11.8. The summed E-state index contributed by atoms with van der Waals surface area (Å²) in [6.07, 6.45) is 0.525. The fourth-order valence-electron chi connectivity index (χ4n) is 2.28. The quantitative estimate of drug-likeness (QED) is 0.887. The van der Waals surface area contributed by atoms with Crippen LogP contribution in [0, 0.1) is 6.92 Å². The number of nitrogens with zero attached hydrogens (tertiary/aromatic N) is 1. The van der Waals surface area contributed by atoms with Gasteiger partial charge < -0.3 is 10.2 Å². The predicted octanol–water partition coefficient (Wildman–Crippen LogP) is 1.78. The van der Waals surface area contributed by atoms with Crippen LogP contribution in [0.15, 0.2) is 24.3 Å². The van der Waals surface area contributed by atoms with Gasteiger partial charge in [-0.1, -0.05) is 24.3 Å². The summed E-state index contributed by atoms with van der Waals surface area (Å²) in [6.45, 7) is 6.79. The van der Waals surface area contributed by atoms with Gasteiger partial charge in [-0.25, -0.2) is 0 Å². The Kier molecular flexibility index (Phi) is 5.63. The van der Waals surface area contributed by atoms with Crippen LogP contribution in [0.25, 0.3) is 0 Å². The molecule has 0 spiro atoms. The summed E-state index contributed by atoms with van der Waals surface area (Å²) >= 11 is 0. The average molecular weight is 269 g/mol. The summed E-state index contributed by atoms with van der Waals surface area (Å²) in [5.41, 5.74) is 2.34. The molecule has 3 nitrogen and oxygen atoms in total. The molecule has 2 rings (SSSR count). The normalized spacial score (nSPS) is 19.2. The van der Waals surface area contributed by atoms with Crippen molar-refractivity contribution in [2.24, 2.45) is 0 Å². The van der Waals surface area contributed by atoms with Crippen LogP contribution in [-0.4, -0.2) is 36.5 Å². The van der Waals surface area contributed by atoms with E-state index in [2.05, 4.69) is 25.2 Å². The maximum Gasteiger partial charge on any atom is 0.227 e. The number of rotatable bonds is 2. The monoisotopic (exact) mass is 268 g/mol. The van der Waals surface area contributed by atoms with E-state index in [0.29, 0.717) is 12.5 Å². The van der Waals surface area contributed by atoms with Crippen molar-refractivity contribution in [2.75, 3.05) is 19.6 Å². The standard InChI is InChI=1S/C14H20N2O.ClH/c1-11-5-3-4-6-13(11)9-14(17)16-8-7-15-10-12(16)2;/h3-6,12,15H,7-10H2,1-2H3;1H/t12-;/m0./s1. The summed E-state index contributed by atoms with van der Waals surface area (Å²) in [7, 11) is 0. The highest BCUT2D eigenvalue weighted by molar-refractivity contribution is 5.85. The van der Waals surface area contributed by atoms with E-state index in [0.717, 1.165) is 25.2 Å². The molecule has 0 bridgehead atoms. The summed E-state index contributed by atoms with van der Waals surface area (Å²) in [4.78, 5) is 14.2. The Labute approximate surface area is 115 Å². The number of piperazine rings is 1. The summed E-state index contributed by atoms with van der Waals surface area (Å²) in [6, 6.07) is 8.41. The number of benzene rings is 1. The van der Waals surface area contributed by atoms with E-state index in [1.165, 1.54) is 5.56 Å². The number of halogens is 1. The third-order valence-electron chi connectivity index (χ3n) is 3.42. The maximum atomic E-state index is 12.2. The fraction of sp³-hybridized carbons (Fsp3) is 0.500. The minimum atomic E-state index is 0. The molecule has 0 aliphatic carbocycles. The smallest absolute Gasteiger partial charge is 0.227 e. The molecule has 100 valence electrons. The molecule has 1 fully saturated rings. The average Bonchev–Trinajstić information content (AvgIpc) is 2.32. The lowest BCUT2D eigenvalue weighted by Gasteiger charge is -2.34. The van der Waals surface area contributed by atoms with Crippen molar-refractivity contribution in [3.05, 3.63) is 35.4 Å². The van der Waals surface area contributed by atoms with E-state index < -0.39 is 0 Å². The molecule has 0 saturated carbocycles. The molecule has 0 aromatic heterocycles. The van der Waals surface area contributed by atoms with Crippen LogP contribution in [0.5, 0.6) is 0 Å². The molecule has 18 heavy (non-hydrogen) atoms. The predicted molar refractivity (Wildman–Crippen MR) is 76.2 cm³/mol. The Morgan fingerprint density at radius 3 is 2.83 bits per heavy atom. The van der Waals surface area contributed by atoms with Gasteiger partial charge in [-0.05, 0) is 25.0 Å². The van der Waals surface area contributed by atoms with Crippen molar-refractivity contribution in [1.29, 1.82) is 0 Å². The first-order valence-corrected chi connectivity index (χ1v) is 6.23. The van der Waals surface area contributed by atoms with Gasteiger partial charge in [-0.2, -0.15) is 0 Å². The molecular weight excluding hydrogens is 248 g/mol. The number of nitrogens with one attached hydrogen (secondary N) is 1. The van der Waals surface area contributed by atoms with Crippen LogP contribution in [0.4, 0.5) is 0 Å². The van der Waals surface area contributed by atoms with Crippen LogP contribution in [0.3, 0.4) is 0 Å². The topological polar surface area (TPSA) is 32.3 Å². The van der Waals surface area contributed by atoms with Gasteiger partial charge in [-0.15, -0.1) is 12.4 Å². The Hall–Kier alpha value is -1.06. The first kappa shape index (κ1) is 15.0. The summed E-state index contributed by atoms with van der Waals surface area (Å²) in [5, 5.41) is 3.30. The molecule has 1 aromatic rings. The third-order valence-corrected chi connectivity index (χ3v) is 3.42. The van der Waals surface area contributed by atoms with E-state index in [1.807, 2.05) is 23.1 Å². The second-order valence-electron chi connectivity index (χ2n) is 4.74. The second kappa shape index (κ2) is 6.76. The number of aryl methyl sites for hydroxylation is 1. The number of carbonyl (C=O) groups is 1. The lowest BCUT2D eigenvalue weighted by Crippen LogP contribution is -2.52. The van der Waals surface area contributed by atoms with Gasteiger partial charge >= 0.3 is 0 Å². The molecule has 1 aliphatic rings. The van der Waals surface area contributed by atoms with Crippen LogP contribution in [0.2, 0.25) is 0 Å². The van der Waals surface area contributed by atoms with Gasteiger partial charge in [0.25, 0.3) is 0 Å². The van der Waals surface area contributed by atoms with Crippen molar-refractivity contribution in [1.82, 2.24) is 10.2 Å². The van der Waals surface area contributed by atoms with Crippen molar-refractivity contribution >= 4 is 18.3 Å². The lowest BCUT2D eigenvalue weighted by atomic mass is 10.0. The van der Waals surface area contributed by atoms with Gasteiger partial charge in [0.05, 0.1) is 6.42 Å². The van der Waals surface area contributed by atoms with Crippen molar-refractivity contribution in [3.63, 3.8) is 0 Å². The van der Waals surface area contributed by atoms with Crippen LogP contribution < -0.4 is 5.32 Å². The molecule has 1 aliphatic heterocycles. The van der Waals surface area contributed by atoms with Gasteiger partial charge in [0.1, 0.15) is 0 Å². The highest BCUT2D eigenvalue weighted by Gasteiger charge is 2.22. The number of carbonyl (C=O) groups excluding carboxylic acids is 1. The minimum Gasteiger partial charge on any atom is -0.337 e. The zero-order valence-electron chi connectivity index (χ0n) is 11.0. The Balaban J connectivity index is 0.00000162. The molecule has 0 radical (unpaired) electrons. The molecule has 4 heteroatoms. The van der Waals surface area contributed by atoms with Gasteiger partial charge in [0.15, 0.2) is 0 Å². The SMILES string of the molecule is Cc1ccccc1CC(=O)N1CCNC[C@@H]1C.Cl. The summed E-state index contributed by atoms with van der Waals surface area (Å²) < 4.78 is 0. The molecule has 1 saturated heterocycles. The molecular formula is C14H21ClN2O. The number of hydrogen-bond donors (Lipinski definition) is 1. The molecule has 1 amide bonds. The summed E-state index contributed by atoms with van der Waals surface area (Å²) in [5.74, 6) is 0.244. The van der Waals surface area contributed by atoms with E-state index in [1.54, 1.807) is 0 Å². The van der Waals surface area contributed by atoms with Crippen LogP contribution >= 0.6 is 12.4 Å². The molecule has 1 atom stereocenters. The van der Waals surface area contributed by atoms with Gasteiger partial charge in [0.2, 0.25) is 5.91 Å².